The van der Waals surface area contributed by atoms with Gasteiger partial charge in [0.05, 0.1) is 0 Å². The summed E-state index contributed by atoms with van der Waals surface area (Å²) in [7, 11) is 0. The maximum Gasteiger partial charge on any atom is 0.0456 e. The molecule has 0 spiro atoms. The molecule has 3 aromatic rings. The molecule has 0 aliphatic carbocycles. The summed E-state index contributed by atoms with van der Waals surface area (Å²) >= 11 is 6.11. The number of H-pyrrole nitrogens is 1. The Kier molecular flexibility index (Phi) is 5.16. The molecule has 1 aromatic heterocycles. The maximum atomic E-state index is 6.47. The second kappa shape index (κ2) is 7.70. The zero-order valence-corrected chi connectivity index (χ0v) is 15.6. The molecule has 136 valence electrons. The van der Waals surface area contributed by atoms with Gasteiger partial charge in [-0.05, 0) is 36.2 Å². The molecule has 2 heterocycles. The van der Waals surface area contributed by atoms with Gasteiger partial charge in [0.25, 0.3) is 0 Å². The van der Waals surface area contributed by atoms with Crippen molar-refractivity contribution in [1.82, 2.24) is 9.88 Å². The number of anilines is 1. The van der Waals surface area contributed by atoms with E-state index in [-0.39, 0.29) is 6.04 Å². The fourth-order valence-corrected chi connectivity index (χ4v) is 4.03. The lowest BCUT2D eigenvalue weighted by atomic mass is 10.0. The molecule has 1 atom stereocenters. The van der Waals surface area contributed by atoms with Gasteiger partial charge < -0.3 is 15.6 Å². The highest BCUT2D eigenvalue weighted by Crippen LogP contribution is 2.21. The van der Waals surface area contributed by atoms with E-state index in [1.807, 2.05) is 18.2 Å². The summed E-state index contributed by atoms with van der Waals surface area (Å²) in [6.07, 6.45) is 3.00. The third-order valence-electron chi connectivity index (χ3n) is 5.20. The van der Waals surface area contributed by atoms with Crippen LogP contribution in [0.4, 0.5) is 5.69 Å². The monoisotopic (exact) mass is 368 g/mol. The maximum absolute atomic E-state index is 6.47. The predicted molar refractivity (Wildman–Crippen MR) is 110 cm³/mol. The summed E-state index contributed by atoms with van der Waals surface area (Å²) in [6, 6.07) is 16.7. The number of nitrogens with one attached hydrogen (secondary N) is 1. The van der Waals surface area contributed by atoms with E-state index >= 15 is 0 Å². The number of halogens is 1. The van der Waals surface area contributed by atoms with E-state index in [9.17, 15) is 0 Å². The van der Waals surface area contributed by atoms with E-state index in [4.69, 9.17) is 17.3 Å². The zero-order valence-electron chi connectivity index (χ0n) is 14.9. The molecule has 0 radical (unpaired) electrons. The first-order valence-corrected chi connectivity index (χ1v) is 9.60. The Bertz CT molecular complexity index is 867. The molecule has 0 saturated carbocycles. The average molecular weight is 369 g/mol. The van der Waals surface area contributed by atoms with Gasteiger partial charge in [-0.15, -0.1) is 0 Å². The minimum atomic E-state index is 0.145. The first kappa shape index (κ1) is 17.4. The lowest BCUT2D eigenvalue weighted by molar-refractivity contribution is 0.242. The number of aromatic amines is 1. The number of benzene rings is 2. The van der Waals surface area contributed by atoms with Crippen molar-refractivity contribution in [3.05, 3.63) is 65.3 Å². The van der Waals surface area contributed by atoms with Crippen LogP contribution in [0.25, 0.3) is 10.9 Å². The Hall–Kier alpha value is -2.01. The predicted octanol–water partition coefficient (Wildman–Crippen LogP) is 3.51. The molecular formula is C21H25ClN4. The van der Waals surface area contributed by atoms with E-state index in [0.29, 0.717) is 0 Å². The molecule has 4 rings (SSSR count). The lowest BCUT2D eigenvalue weighted by Crippen LogP contribution is -2.50. The fourth-order valence-electron chi connectivity index (χ4n) is 3.84. The Balaban J connectivity index is 1.31. The number of para-hydroxylation sites is 1. The van der Waals surface area contributed by atoms with E-state index in [2.05, 4.69) is 51.3 Å². The van der Waals surface area contributed by atoms with E-state index in [1.165, 1.54) is 22.2 Å². The van der Waals surface area contributed by atoms with Gasteiger partial charge >= 0.3 is 0 Å². The van der Waals surface area contributed by atoms with Crippen molar-refractivity contribution in [2.45, 2.75) is 12.5 Å². The topological polar surface area (TPSA) is 48.3 Å². The molecule has 2 aromatic carbocycles. The minimum absolute atomic E-state index is 0.145. The molecule has 3 N–H and O–H groups in total. The van der Waals surface area contributed by atoms with Gasteiger partial charge in [0.15, 0.2) is 0 Å². The van der Waals surface area contributed by atoms with Crippen LogP contribution in [0.5, 0.6) is 0 Å². The number of nitrogens with zero attached hydrogens (tertiary/aromatic N) is 2. The molecule has 1 saturated heterocycles. The standard InChI is InChI=1S/C21H25ClN4/c22-17-4-3-5-19(13-17)26-10-8-25(9-11-26)15-18(23)12-16-14-24-21-7-2-1-6-20(16)21/h1-7,13-14,18,24H,8-12,15,23H2. The van der Waals surface area contributed by atoms with Crippen LogP contribution in [0.2, 0.25) is 5.02 Å². The molecule has 1 unspecified atom stereocenters. The smallest absolute Gasteiger partial charge is 0.0456 e. The molecule has 0 bridgehead atoms. The van der Waals surface area contributed by atoms with Gasteiger partial charge in [0.1, 0.15) is 0 Å². The molecule has 1 aliphatic rings. The van der Waals surface area contributed by atoms with Crippen molar-refractivity contribution in [2.24, 2.45) is 5.73 Å². The number of hydrogen-bond donors (Lipinski definition) is 2. The summed E-state index contributed by atoms with van der Waals surface area (Å²) < 4.78 is 0. The van der Waals surface area contributed by atoms with Gasteiger partial charge in [-0.1, -0.05) is 35.9 Å². The number of nitrogens with two attached hydrogens (primary N) is 1. The molecule has 26 heavy (non-hydrogen) atoms. The molecule has 0 amide bonds. The van der Waals surface area contributed by atoms with Crippen LogP contribution in [0, 0.1) is 0 Å². The summed E-state index contributed by atoms with van der Waals surface area (Å²) in [6.45, 7) is 5.03. The normalized spacial score (nSPS) is 16.9. The highest BCUT2D eigenvalue weighted by atomic mass is 35.5. The van der Waals surface area contributed by atoms with Crippen LogP contribution < -0.4 is 10.6 Å². The molecule has 1 aliphatic heterocycles. The minimum Gasteiger partial charge on any atom is -0.369 e. The number of rotatable bonds is 5. The molecule has 5 heteroatoms. The highest BCUT2D eigenvalue weighted by molar-refractivity contribution is 6.30. The SMILES string of the molecule is NC(Cc1c[nH]c2ccccc12)CN1CCN(c2cccc(Cl)c2)CC1. The summed E-state index contributed by atoms with van der Waals surface area (Å²) in [5.41, 5.74) is 10.2. The van der Waals surface area contributed by atoms with Crippen LogP contribution in [0.3, 0.4) is 0 Å². The van der Waals surface area contributed by atoms with Crippen LogP contribution in [-0.4, -0.2) is 48.6 Å². The van der Waals surface area contributed by atoms with Crippen LogP contribution in [0.15, 0.2) is 54.7 Å². The highest BCUT2D eigenvalue weighted by Gasteiger charge is 2.19. The van der Waals surface area contributed by atoms with Crippen molar-refractivity contribution >= 4 is 28.2 Å². The molecule has 1 fully saturated rings. The summed E-state index contributed by atoms with van der Waals surface area (Å²) in [5.74, 6) is 0. The van der Waals surface area contributed by atoms with Gasteiger partial charge in [0.2, 0.25) is 0 Å². The van der Waals surface area contributed by atoms with Gasteiger partial charge in [-0.2, -0.15) is 0 Å². The Morgan fingerprint density at radius 2 is 1.85 bits per heavy atom. The molecular weight excluding hydrogens is 344 g/mol. The Morgan fingerprint density at radius 3 is 2.65 bits per heavy atom. The summed E-state index contributed by atoms with van der Waals surface area (Å²) in [4.78, 5) is 8.21. The van der Waals surface area contributed by atoms with Gasteiger partial charge in [0, 0.05) is 66.6 Å². The fraction of sp³-hybridized carbons (Fsp3) is 0.333. The first-order valence-electron chi connectivity index (χ1n) is 9.22. The van der Waals surface area contributed by atoms with E-state index < -0.39 is 0 Å². The Labute approximate surface area is 159 Å². The van der Waals surface area contributed by atoms with Crippen molar-refractivity contribution < 1.29 is 0 Å². The van der Waals surface area contributed by atoms with Crippen molar-refractivity contribution in [3.63, 3.8) is 0 Å². The van der Waals surface area contributed by atoms with E-state index in [0.717, 1.165) is 44.2 Å². The van der Waals surface area contributed by atoms with Crippen molar-refractivity contribution in [1.29, 1.82) is 0 Å². The third kappa shape index (κ3) is 3.88. The summed E-state index contributed by atoms with van der Waals surface area (Å²) in [5, 5.41) is 2.08. The first-order chi connectivity index (χ1) is 12.7. The number of aromatic nitrogens is 1. The van der Waals surface area contributed by atoms with Gasteiger partial charge in [-0.25, -0.2) is 0 Å². The second-order valence-electron chi connectivity index (χ2n) is 7.09. The Morgan fingerprint density at radius 1 is 1.04 bits per heavy atom. The quantitative estimate of drug-likeness (QED) is 0.724. The van der Waals surface area contributed by atoms with Crippen LogP contribution >= 0.6 is 11.6 Å². The number of fused-ring (bicyclic) bond motifs is 1. The molecule has 4 nitrogen and oxygen atoms in total. The van der Waals surface area contributed by atoms with Crippen LogP contribution in [0.1, 0.15) is 5.56 Å². The van der Waals surface area contributed by atoms with Crippen molar-refractivity contribution in [2.75, 3.05) is 37.6 Å². The van der Waals surface area contributed by atoms with E-state index in [1.54, 1.807) is 0 Å². The largest absolute Gasteiger partial charge is 0.369 e. The average Bonchev–Trinajstić information content (AvgIpc) is 3.05. The zero-order chi connectivity index (χ0) is 17.9. The number of hydrogen-bond acceptors (Lipinski definition) is 3. The number of piperazine rings is 1. The van der Waals surface area contributed by atoms with Crippen molar-refractivity contribution in [3.8, 4) is 0 Å². The third-order valence-corrected chi connectivity index (χ3v) is 5.43. The van der Waals surface area contributed by atoms with Crippen LogP contribution in [-0.2, 0) is 6.42 Å². The lowest BCUT2D eigenvalue weighted by Gasteiger charge is -2.37. The van der Waals surface area contributed by atoms with Gasteiger partial charge in [-0.3, -0.25) is 4.90 Å². The second-order valence-corrected chi connectivity index (χ2v) is 7.53.